The largest absolute Gasteiger partial charge is 0.309 e. The number of hydrogen-bond acceptors (Lipinski definition) is 0. The van der Waals surface area contributed by atoms with Gasteiger partial charge in [-0.15, -0.1) is 0 Å². The van der Waals surface area contributed by atoms with E-state index in [0.29, 0.717) is 0 Å². The van der Waals surface area contributed by atoms with E-state index in [-0.39, 0.29) is 0 Å². The third-order valence-electron chi connectivity index (χ3n) is 17.6. The summed E-state index contributed by atoms with van der Waals surface area (Å²) in [5.41, 5.74) is 21.5. The second-order valence-corrected chi connectivity index (χ2v) is 22.1. The molecule has 83 heavy (non-hydrogen) atoms. The molecule has 5 nitrogen and oxygen atoms in total. The summed E-state index contributed by atoms with van der Waals surface area (Å²) in [6.45, 7) is 0. The van der Waals surface area contributed by atoms with Crippen molar-refractivity contribution in [3.8, 4) is 50.7 Å². The van der Waals surface area contributed by atoms with Crippen LogP contribution in [0.3, 0.4) is 0 Å². The van der Waals surface area contributed by atoms with E-state index in [2.05, 4.69) is 320 Å². The Labute approximate surface area is 477 Å². The van der Waals surface area contributed by atoms with Crippen molar-refractivity contribution in [1.82, 2.24) is 22.8 Å². The smallest absolute Gasteiger partial charge is 0.0541 e. The van der Waals surface area contributed by atoms with Gasteiger partial charge in [0.2, 0.25) is 0 Å². The first-order valence-corrected chi connectivity index (χ1v) is 28.6. The van der Waals surface area contributed by atoms with Gasteiger partial charge < -0.3 is 22.8 Å². The maximum absolute atomic E-state index is 2.48. The molecule has 0 spiro atoms. The van der Waals surface area contributed by atoms with Gasteiger partial charge in [0.05, 0.1) is 55.2 Å². The molecule has 13 aromatic carbocycles. The minimum absolute atomic E-state index is 1.08. The van der Waals surface area contributed by atoms with E-state index in [4.69, 9.17) is 0 Å². The zero-order valence-electron chi connectivity index (χ0n) is 45.0. The monoisotopic (exact) mass is 1060 g/mol. The van der Waals surface area contributed by atoms with Crippen LogP contribution in [0.2, 0.25) is 0 Å². The molecule has 0 saturated heterocycles. The summed E-state index contributed by atoms with van der Waals surface area (Å²) in [5, 5.41) is 12.3. The lowest BCUT2D eigenvalue weighted by molar-refractivity contribution is 1.13. The number of aromatic nitrogens is 5. The molecule has 386 valence electrons. The average Bonchev–Trinajstić information content (AvgIpc) is 4.48. The Morgan fingerprint density at radius 3 is 0.434 bits per heavy atom. The van der Waals surface area contributed by atoms with Gasteiger partial charge in [0.25, 0.3) is 0 Å². The van der Waals surface area contributed by atoms with Crippen molar-refractivity contribution in [1.29, 1.82) is 0 Å². The van der Waals surface area contributed by atoms with E-state index in [1.165, 1.54) is 98.0 Å². The van der Waals surface area contributed by atoms with Crippen LogP contribution >= 0.6 is 0 Å². The first-order chi connectivity index (χ1) is 41.2. The van der Waals surface area contributed by atoms with Gasteiger partial charge in [0, 0.05) is 82.3 Å². The molecule has 0 aliphatic rings. The summed E-state index contributed by atoms with van der Waals surface area (Å²) in [6, 6.07) is 110. The van der Waals surface area contributed by atoms with Crippen LogP contribution in [0.1, 0.15) is 0 Å². The molecule has 0 amide bonds. The van der Waals surface area contributed by atoms with Gasteiger partial charge in [-0.2, -0.15) is 0 Å². The fraction of sp³-hybridized carbons (Fsp3) is 0. The molecule has 18 aromatic rings. The van der Waals surface area contributed by atoms with Crippen molar-refractivity contribution in [2.75, 3.05) is 0 Å². The number of benzene rings is 13. The summed E-state index contributed by atoms with van der Waals surface area (Å²) >= 11 is 0. The van der Waals surface area contributed by atoms with Gasteiger partial charge in [0.1, 0.15) is 0 Å². The van der Waals surface area contributed by atoms with Crippen molar-refractivity contribution in [2.45, 2.75) is 0 Å². The highest BCUT2D eigenvalue weighted by molar-refractivity contribution is 6.14. The fourth-order valence-corrected chi connectivity index (χ4v) is 14.1. The van der Waals surface area contributed by atoms with E-state index in [0.717, 1.165) is 61.7 Å². The van der Waals surface area contributed by atoms with Crippen LogP contribution in [0.5, 0.6) is 0 Å². The molecule has 0 saturated carbocycles. The molecule has 0 unspecified atom stereocenters. The third-order valence-corrected chi connectivity index (χ3v) is 17.6. The van der Waals surface area contributed by atoms with Gasteiger partial charge in [-0.3, -0.25) is 0 Å². The predicted molar refractivity (Wildman–Crippen MR) is 349 cm³/mol. The van der Waals surface area contributed by atoms with Crippen molar-refractivity contribution in [3.63, 3.8) is 0 Å². The lowest BCUT2D eigenvalue weighted by atomic mass is 9.96. The Hall–Kier alpha value is -11.1. The van der Waals surface area contributed by atoms with Crippen LogP contribution in [0.15, 0.2) is 297 Å². The average molecular weight is 1060 g/mol. The minimum atomic E-state index is 1.08. The molecule has 5 heterocycles. The van der Waals surface area contributed by atoms with Crippen LogP contribution in [0.4, 0.5) is 0 Å². The van der Waals surface area contributed by atoms with Gasteiger partial charge in [-0.25, -0.2) is 0 Å². The van der Waals surface area contributed by atoms with E-state index in [9.17, 15) is 0 Å². The summed E-state index contributed by atoms with van der Waals surface area (Å²) in [6.07, 6.45) is 0. The zero-order valence-corrected chi connectivity index (χ0v) is 45.0. The van der Waals surface area contributed by atoms with Crippen LogP contribution in [-0.2, 0) is 0 Å². The molecule has 5 aromatic heterocycles. The summed E-state index contributed by atoms with van der Waals surface area (Å²) in [4.78, 5) is 0. The summed E-state index contributed by atoms with van der Waals surface area (Å²) in [7, 11) is 0. The molecular formula is C78H49N5. The molecule has 0 fully saturated rings. The number of nitrogens with zero attached hydrogens (tertiary/aromatic N) is 5. The molecule has 0 aliphatic heterocycles. The molecule has 0 atom stereocenters. The summed E-state index contributed by atoms with van der Waals surface area (Å²) in [5.74, 6) is 0. The van der Waals surface area contributed by atoms with Crippen molar-refractivity contribution in [3.05, 3.63) is 297 Å². The number of hydrogen-bond donors (Lipinski definition) is 0. The summed E-state index contributed by atoms with van der Waals surface area (Å²) < 4.78 is 12.4. The van der Waals surface area contributed by atoms with Crippen LogP contribution < -0.4 is 0 Å². The Kier molecular flexibility index (Phi) is 9.73. The van der Waals surface area contributed by atoms with Crippen LogP contribution in [0, 0.1) is 0 Å². The first-order valence-electron chi connectivity index (χ1n) is 28.6. The fourth-order valence-electron chi connectivity index (χ4n) is 14.1. The SMILES string of the molecule is c1ccc2c(c1)c1ccccc1n2-c1cc(-c2cc(-n3c4ccccc4c4ccccc43)cc(-n3c4ccccc4c4ccccc43)c2)cc(-c2cc(-n3c4ccccc4c4ccccc43)cc(-n3c4ccccc4c4ccccc43)c2)c1. The quantitative estimate of drug-likeness (QED) is 0.152. The molecule has 18 rings (SSSR count). The Balaban J connectivity index is 0.974. The highest BCUT2D eigenvalue weighted by Gasteiger charge is 2.22. The molecule has 0 bridgehead atoms. The van der Waals surface area contributed by atoms with E-state index < -0.39 is 0 Å². The maximum atomic E-state index is 2.48. The normalized spacial score (nSPS) is 12.1. The molecule has 0 aliphatic carbocycles. The second-order valence-electron chi connectivity index (χ2n) is 22.1. The molecule has 0 N–H and O–H groups in total. The van der Waals surface area contributed by atoms with Gasteiger partial charge in [0.15, 0.2) is 0 Å². The number of para-hydroxylation sites is 10. The first kappa shape index (κ1) is 45.7. The van der Waals surface area contributed by atoms with Crippen molar-refractivity contribution in [2.24, 2.45) is 0 Å². The van der Waals surface area contributed by atoms with Gasteiger partial charge in [-0.1, -0.05) is 182 Å². The van der Waals surface area contributed by atoms with Crippen molar-refractivity contribution < 1.29 is 0 Å². The molecule has 5 heteroatoms. The lowest BCUT2D eigenvalue weighted by Crippen LogP contribution is -2.02. The zero-order chi connectivity index (χ0) is 54.3. The lowest BCUT2D eigenvalue weighted by Gasteiger charge is -2.19. The van der Waals surface area contributed by atoms with E-state index >= 15 is 0 Å². The third kappa shape index (κ3) is 6.77. The minimum Gasteiger partial charge on any atom is -0.309 e. The van der Waals surface area contributed by atoms with Crippen LogP contribution in [-0.4, -0.2) is 22.8 Å². The van der Waals surface area contributed by atoms with E-state index in [1.54, 1.807) is 0 Å². The van der Waals surface area contributed by atoms with Gasteiger partial charge in [-0.05, 0) is 138 Å². The van der Waals surface area contributed by atoms with Crippen LogP contribution in [0.25, 0.3) is 160 Å². The Morgan fingerprint density at radius 2 is 0.265 bits per heavy atom. The maximum Gasteiger partial charge on any atom is 0.0541 e. The number of fused-ring (bicyclic) bond motifs is 15. The predicted octanol–water partition coefficient (Wildman–Crippen LogP) is 20.5. The molecular weight excluding hydrogens is 1010 g/mol. The topological polar surface area (TPSA) is 24.6 Å². The Bertz CT molecular complexity index is 4890. The Morgan fingerprint density at radius 1 is 0.133 bits per heavy atom. The van der Waals surface area contributed by atoms with Gasteiger partial charge >= 0.3 is 0 Å². The standard InChI is InChI=1S/C78H49N5/c1-11-31-69-59(21-1)60-22-2-12-32-70(60)79(69)54-42-50(52-44-55(80-71-33-13-3-23-61(71)62-24-4-14-34-72(62)80)48-56(45-52)81-73-35-15-5-25-63(73)64-26-6-16-36-74(64)81)41-51(43-54)53-46-57(82-75-37-17-7-27-65(75)66-28-8-18-38-76(66)82)49-58(47-53)83-77-39-19-9-29-67(77)68-30-10-20-40-78(68)83/h1-49H. The highest BCUT2D eigenvalue weighted by atomic mass is 15.0. The van der Waals surface area contributed by atoms with Crippen molar-refractivity contribution >= 4 is 109 Å². The second kappa shape index (κ2) is 17.7. The highest BCUT2D eigenvalue weighted by Crippen LogP contribution is 2.43. The number of rotatable bonds is 7. The van der Waals surface area contributed by atoms with E-state index in [1.807, 2.05) is 0 Å². The molecule has 0 radical (unpaired) electrons.